The number of nitriles is 1. The number of hydrogen-bond donors (Lipinski definition) is 1. The van der Waals surface area contributed by atoms with Crippen molar-refractivity contribution in [3.05, 3.63) is 69.8 Å². The molecule has 102 valence electrons. The summed E-state index contributed by atoms with van der Waals surface area (Å²) in [6.07, 6.45) is 0. The van der Waals surface area contributed by atoms with E-state index in [0.717, 1.165) is 5.56 Å². The zero-order valence-electron chi connectivity index (χ0n) is 11.3. The van der Waals surface area contributed by atoms with Crippen molar-refractivity contribution in [3.63, 3.8) is 0 Å². The van der Waals surface area contributed by atoms with Gasteiger partial charge in [0.2, 0.25) is 0 Å². The molecule has 0 saturated carbocycles. The maximum absolute atomic E-state index is 14.3. The van der Waals surface area contributed by atoms with E-state index in [-0.39, 0.29) is 11.1 Å². The van der Waals surface area contributed by atoms with Crippen LogP contribution in [0.15, 0.2) is 47.3 Å². The topological polar surface area (TPSA) is 56.6 Å². The van der Waals surface area contributed by atoms with Gasteiger partial charge in [-0.3, -0.25) is 4.79 Å². The van der Waals surface area contributed by atoms with Crippen molar-refractivity contribution in [2.75, 3.05) is 0 Å². The summed E-state index contributed by atoms with van der Waals surface area (Å²) < 4.78 is 14.3. The minimum absolute atomic E-state index is 0.0727. The smallest absolute Gasteiger partial charge is 0.266 e. The average molecular weight is 278 g/mol. The molecule has 1 N–H and O–H groups in total. The molecule has 3 aromatic rings. The van der Waals surface area contributed by atoms with E-state index in [0.29, 0.717) is 16.5 Å². The fourth-order valence-corrected chi connectivity index (χ4v) is 2.45. The number of nitrogens with one attached hydrogen (secondary N) is 1. The van der Waals surface area contributed by atoms with Gasteiger partial charge in [-0.05, 0) is 24.6 Å². The third-order valence-corrected chi connectivity index (χ3v) is 3.43. The van der Waals surface area contributed by atoms with Crippen molar-refractivity contribution in [3.8, 4) is 17.2 Å². The quantitative estimate of drug-likeness (QED) is 0.740. The van der Waals surface area contributed by atoms with Crippen LogP contribution in [0.3, 0.4) is 0 Å². The first-order valence-electron chi connectivity index (χ1n) is 6.43. The average Bonchev–Trinajstić information content (AvgIpc) is 2.46. The molecule has 21 heavy (non-hydrogen) atoms. The second kappa shape index (κ2) is 4.88. The highest BCUT2D eigenvalue weighted by Crippen LogP contribution is 2.31. The molecule has 1 aromatic heterocycles. The number of halogens is 1. The van der Waals surface area contributed by atoms with E-state index in [1.807, 2.05) is 6.07 Å². The Kier molecular flexibility index (Phi) is 3.03. The molecule has 0 atom stereocenters. The van der Waals surface area contributed by atoms with Crippen LogP contribution in [0.4, 0.5) is 4.39 Å². The molecule has 0 aliphatic heterocycles. The van der Waals surface area contributed by atoms with Crippen LogP contribution in [0.25, 0.3) is 22.0 Å². The van der Waals surface area contributed by atoms with E-state index in [9.17, 15) is 14.4 Å². The zero-order valence-corrected chi connectivity index (χ0v) is 11.3. The highest BCUT2D eigenvalue weighted by atomic mass is 19.1. The number of benzene rings is 2. The molecule has 0 radical (unpaired) electrons. The Morgan fingerprint density at radius 1 is 1.19 bits per heavy atom. The van der Waals surface area contributed by atoms with E-state index in [2.05, 4.69) is 4.98 Å². The molecule has 0 bridgehead atoms. The Bertz CT molecular complexity index is 951. The molecular weight excluding hydrogens is 267 g/mol. The maximum atomic E-state index is 14.3. The van der Waals surface area contributed by atoms with E-state index >= 15 is 0 Å². The van der Waals surface area contributed by atoms with Gasteiger partial charge in [-0.25, -0.2) is 4.39 Å². The van der Waals surface area contributed by atoms with Gasteiger partial charge in [0.25, 0.3) is 5.56 Å². The highest BCUT2D eigenvalue weighted by Gasteiger charge is 2.17. The Labute approximate surface area is 120 Å². The van der Waals surface area contributed by atoms with Crippen LogP contribution in [0, 0.1) is 24.1 Å². The highest BCUT2D eigenvalue weighted by molar-refractivity contribution is 5.97. The van der Waals surface area contributed by atoms with Gasteiger partial charge in [0.1, 0.15) is 17.4 Å². The van der Waals surface area contributed by atoms with Crippen molar-refractivity contribution in [1.82, 2.24) is 4.98 Å². The first-order valence-corrected chi connectivity index (χ1v) is 6.43. The van der Waals surface area contributed by atoms with Crippen LogP contribution in [0.2, 0.25) is 0 Å². The molecule has 0 unspecified atom stereocenters. The van der Waals surface area contributed by atoms with Crippen molar-refractivity contribution in [2.45, 2.75) is 6.92 Å². The molecule has 0 aliphatic carbocycles. The van der Waals surface area contributed by atoms with Crippen LogP contribution in [0.1, 0.15) is 11.1 Å². The molecule has 1 heterocycles. The third kappa shape index (κ3) is 2.09. The molecule has 0 spiro atoms. The number of rotatable bonds is 1. The van der Waals surface area contributed by atoms with Crippen LogP contribution in [0.5, 0.6) is 0 Å². The fraction of sp³-hybridized carbons (Fsp3) is 0.0588. The normalized spacial score (nSPS) is 10.5. The number of aryl methyl sites for hydroxylation is 1. The lowest BCUT2D eigenvalue weighted by Gasteiger charge is -2.10. The Morgan fingerprint density at radius 3 is 2.67 bits per heavy atom. The van der Waals surface area contributed by atoms with Gasteiger partial charge < -0.3 is 4.98 Å². The molecular formula is C17H11FN2O. The molecule has 0 amide bonds. The second-order valence-electron chi connectivity index (χ2n) is 4.84. The van der Waals surface area contributed by atoms with Gasteiger partial charge in [-0.1, -0.05) is 30.3 Å². The fourth-order valence-electron chi connectivity index (χ4n) is 2.45. The summed E-state index contributed by atoms with van der Waals surface area (Å²) in [4.78, 5) is 14.7. The van der Waals surface area contributed by atoms with Crippen molar-refractivity contribution < 1.29 is 4.39 Å². The van der Waals surface area contributed by atoms with E-state index in [4.69, 9.17) is 0 Å². The first-order chi connectivity index (χ1) is 10.1. The minimum atomic E-state index is -0.508. The summed E-state index contributed by atoms with van der Waals surface area (Å²) >= 11 is 0. The van der Waals surface area contributed by atoms with E-state index in [1.54, 1.807) is 43.3 Å². The molecule has 0 fully saturated rings. The largest absolute Gasteiger partial charge is 0.321 e. The number of H-pyrrole nitrogens is 1. The number of hydrogen-bond acceptors (Lipinski definition) is 2. The SMILES string of the molecule is Cc1ccc(-c2c(C#N)c(=O)[nH]c3ccccc23)c(F)c1. The Balaban J connectivity index is 2.51. The van der Waals surface area contributed by atoms with Crippen LogP contribution >= 0.6 is 0 Å². The molecule has 3 nitrogen and oxygen atoms in total. The van der Waals surface area contributed by atoms with Gasteiger partial charge in [0, 0.05) is 22.0 Å². The number of nitrogens with zero attached hydrogens (tertiary/aromatic N) is 1. The lowest BCUT2D eigenvalue weighted by Crippen LogP contribution is -2.12. The third-order valence-electron chi connectivity index (χ3n) is 3.43. The van der Waals surface area contributed by atoms with Gasteiger partial charge >= 0.3 is 0 Å². The summed E-state index contributed by atoms with van der Waals surface area (Å²) in [5, 5.41) is 9.92. The second-order valence-corrected chi connectivity index (χ2v) is 4.84. The van der Waals surface area contributed by atoms with E-state index in [1.165, 1.54) is 6.07 Å². The lowest BCUT2D eigenvalue weighted by molar-refractivity contribution is 0.630. The van der Waals surface area contributed by atoms with Crippen molar-refractivity contribution >= 4 is 10.9 Å². The number of pyridine rings is 1. The van der Waals surface area contributed by atoms with Crippen molar-refractivity contribution in [1.29, 1.82) is 5.26 Å². The maximum Gasteiger partial charge on any atom is 0.266 e. The number of fused-ring (bicyclic) bond motifs is 1. The minimum Gasteiger partial charge on any atom is -0.321 e. The van der Waals surface area contributed by atoms with Gasteiger partial charge in [0.15, 0.2) is 0 Å². The van der Waals surface area contributed by atoms with Crippen LogP contribution in [-0.2, 0) is 0 Å². The van der Waals surface area contributed by atoms with Crippen LogP contribution < -0.4 is 5.56 Å². The molecule has 2 aromatic carbocycles. The van der Waals surface area contributed by atoms with Gasteiger partial charge in [-0.15, -0.1) is 0 Å². The Morgan fingerprint density at radius 2 is 1.95 bits per heavy atom. The first kappa shape index (κ1) is 13.1. The summed E-state index contributed by atoms with van der Waals surface area (Å²) in [5.74, 6) is -0.442. The predicted octanol–water partition coefficient (Wildman–Crippen LogP) is 3.51. The number of aromatic amines is 1. The molecule has 3 rings (SSSR count). The van der Waals surface area contributed by atoms with E-state index < -0.39 is 11.4 Å². The summed E-state index contributed by atoms with van der Waals surface area (Å²) in [6.45, 7) is 1.79. The summed E-state index contributed by atoms with van der Waals surface area (Å²) in [6, 6.07) is 13.7. The zero-order chi connectivity index (χ0) is 15.0. The summed E-state index contributed by atoms with van der Waals surface area (Å²) in [7, 11) is 0. The number of aromatic nitrogens is 1. The Hall–Kier alpha value is -2.93. The molecule has 0 aliphatic rings. The van der Waals surface area contributed by atoms with Crippen LogP contribution in [-0.4, -0.2) is 4.98 Å². The van der Waals surface area contributed by atoms with Gasteiger partial charge in [0.05, 0.1) is 0 Å². The predicted molar refractivity (Wildman–Crippen MR) is 79.4 cm³/mol. The monoisotopic (exact) mass is 278 g/mol. The van der Waals surface area contributed by atoms with Crippen molar-refractivity contribution in [2.24, 2.45) is 0 Å². The van der Waals surface area contributed by atoms with Gasteiger partial charge in [-0.2, -0.15) is 5.26 Å². The molecule has 4 heteroatoms. The lowest BCUT2D eigenvalue weighted by atomic mass is 9.95. The summed E-state index contributed by atoms with van der Waals surface area (Å²) in [5.41, 5.74) is 1.39. The standard InChI is InChI=1S/C17H11FN2O/c1-10-6-7-11(14(18)8-10)16-12-4-2-3-5-15(12)20-17(21)13(16)9-19/h2-8H,1H3,(H,20,21). The molecule has 0 saturated heterocycles. The number of para-hydroxylation sites is 1.